The number of sulfonamides is 1. The third-order valence-electron chi connectivity index (χ3n) is 3.76. The molecule has 0 radical (unpaired) electrons. The predicted octanol–water partition coefficient (Wildman–Crippen LogP) is 4.01. The average molecular weight is 351 g/mol. The SMILES string of the molecule is CCCNS(=O)(=O)c1ccc(-c2c(O)cccc2F)c(C(C)C)c1. The molecule has 2 N–H and O–H groups in total. The first-order chi connectivity index (χ1) is 11.3. The lowest BCUT2D eigenvalue weighted by molar-refractivity contribution is 0.472. The lowest BCUT2D eigenvalue weighted by Crippen LogP contribution is -2.24. The van der Waals surface area contributed by atoms with Crippen molar-refractivity contribution in [1.29, 1.82) is 0 Å². The highest BCUT2D eigenvalue weighted by Crippen LogP contribution is 2.37. The molecule has 24 heavy (non-hydrogen) atoms. The second kappa shape index (κ2) is 7.32. The molecule has 0 aliphatic rings. The predicted molar refractivity (Wildman–Crippen MR) is 93.1 cm³/mol. The van der Waals surface area contributed by atoms with Gasteiger partial charge in [-0.25, -0.2) is 17.5 Å². The van der Waals surface area contributed by atoms with Crippen LogP contribution in [0.15, 0.2) is 41.3 Å². The summed E-state index contributed by atoms with van der Waals surface area (Å²) in [6.07, 6.45) is 0.692. The van der Waals surface area contributed by atoms with Gasteiger partial charge in [0.25, 0.3) is 0 Å². The van der Waals surface area contributed by atoms with E-state index in [4.69, 9.17) is 0 Å². The Morgan fingerprint density at radius 1 is 1.21 bits per heavy atom. The van der Waals surface area contributed by atoms with Gasteiger partial charge in [0.15, 0.2) is 0 Å². The number of phenolic OH excluding ortho intramolecular Hbond substituents is 1. The third kappa shape index (κ3) is 3.76. The Hall–Kier alpha value is -1.92. The zero-order valence-electron chi connectivity index (χ0n) is 14.0. The van der Waals surface area contributed by atoms with Gasteiger partial charge in [0.05, 0.1) is 10.5 Å². The molecule has 0 bridgehead atoms. The first-order valence-corrected chi connectivity index (χ1v) is 9.37. The summed E-state index contributed by atoms with van der Waals surface area (Å²) in [7, 11) is -3.60. The minimum Gasteiger partial charge on any atom is -0.507 e. The molecule has 0 amide bonds. The normalized spacial score (nSPS) is 11.9. The van der Waals surface area contributed by atoms with Crippen LogP contribution < -0.4 is 4.72 Å². The fourth-order valence-corrected chi connectivity index (χ4v) is 3.68. The number of benzene rings is 2. The van der Waals surface area contributed by atoms with Crippen molar-refractivity contribution >= 4 is 10.0 Å². The maximum absolute atomic E-state index is 14.2. The largest absolute Gasteiger partial charge is 0.507 e. The first-order valence-electron chi connectivity index (χ1n) is 7.89. The van der Waals surface area contributed by atoms with Crippen LogP contribution in [0.4, 0.5) is 4.39 Å². The Morgan fingerprint density at radius 3 is 2.50 bits per heavy atom. The van der Waals surface area contributed by atoms with Crippen LogP contribution in [0.3, 0.4) is 0 Å². The van der Waals surface area contributed by atoms with Gasteiger partial charge in [-0.2, -0.15) is 0 Å². The summed E-state index contributed by atoms with van der Waals surface area (Å²) in [6.45, 7) is 6.03. The summed E-state index contributed by atoms with van der Waals surface area (Å²) in [5.41, 5.74) is 1.25. The molecule has 0 saturated carbocycles. The second-order valence-corrected chi connectivity index (χ2v) is 7.70. The van der Waals surface area contributed by atoms with Gasteiger partial charge in [0, 0.05) is 6.54 Å². The van der Waals surface area contributed by atoms with Crippen molar-refractivity contribution in [2.24, 2.45) is 0 Å². The highest BCUT2D eigenvalue weighted by atomic mass is 32.2. The van der Waals surface area contributed by atoms with Crippen molar-refractivity contribution in [3.05, 3.63) is 47.8 Å². The van der Waals surface area contributed by atoms with Crippen LogP contribution in [-0.4, -0.2) is 20.1 Å². The number of aromatic hydroxyl groups is 1. The van der Waals surface area contributed by atoms with Gasteiger partial charge >= 0.3 is 0 Å². The summed E-state index contributed by atoms with van der Waals surface area (Å²) < 4.78 is 41.3. The average Bonchev–Trinajstić information content (AvgIpc) is 2.52. The Kier molecular flexibility index (Phi) is 5.62. The van der Waals surface area contributed by atoms with Gasteiger partial charge in [-0.3, -0.25) is 0 Å². The minimum atomic E-state index is -3.60. The molecule has 0 spiro atoms. The van der Waals surface area contributed by atoms with Crippen molar-refractivity contribution in [3.8, 4) is 16.9 Å². The highest BCUT2D eigenvalue weighted by Gasteiger charge is 2.20. The van der Waals surface area contributed by atoms with Crippen molar-refractivity contribution in [2.75, 3.05) is 6.54 Å². The zero-order valence-corrected chi connectivity index (χ0v) is 14.8. The van der Waals surface area contributed by atoms with Crippen molar-refractivity contribution in [1.82, 2.24) is 4.72 Å². The van der Waals surface area contributed by atoms with Crippen LogP contribution in [0.25, 0.3) is 11.1 Å². The maximum atomic E-state index is 14.2. The molecule has 2 rings (SSSR count). The number of halogens is 1. The van der Waals surface area contributed by atoms with Gasteiger partial charge < -0.3 is 5.11 Å². The Balaban J connectivity index is 2.61. The molecule has 2 aromatic carbocycles. The third-order valence-corrected chi connectivity index (χ3v) is 5.22. The van der Waals surface area contributed by atoms with E-state index in [1.165, 1.54) is 24.3 Å². The lowest BCUT2D eigenvalue weighted by Gasteiger charge is -2.17. The Labute approximate surface area is 142 Å². The molecule has 6 heteroatoms. The molecular weight excluding hydrogens is 329 g/mol. The van der Waals surface area contributed by atoms with Gasteiger partial charge in [-0.15, -0.1) is 0 Å². The summed E-state index contributed by atoms with van der Waals surface area (Å²) in [4.78, 5) is 0.138. The van der Waals surface area contributed by atoms with Gasteiger partial charge in [0.1, 0.15) is 11.6 Å². The monoisotopic (exact) mass is 351 g/mol. The number of nitrogens with one attached hydrogen (secondary N) is 1. The molecule has 0 aliphatic carbocycles. The van der Waals surface area contributed by atoms with Crippen LogP contribution in [0, 0.1) is 5.82 Å². The quantitative estimate of drug-likeness (QED) is 0.826. The molecule has 4 nitrogen and oxygen atoms in total. The van der Waals surface area contributed by atoms with E-state index in [9.17, 15) is 17.9 Å². The standard InChI is InChI=1S/C18H22FNO3S/c1-4-10-20-24(22,23)13-8-9-14(15(11-13)12(2)3)18-16(19)6-5-7-17(18)21/h5-9,11-12,20-21H,4,10H2,1-3H3. The van der Waals surface area contributed by atoms with Gasteiger partial charge in [-0.1, -0.05) is 32.9 Å². The first kappa shape index (κ1) is 18.4. The highest BCUT2D eigenvalue weighted by molar-refractivity contribution is 7.89. The number of hydrogen-bond acceptors (Lipinski definition) is 3. The van der Waals surface area contributed by atoms with E-state index < -0.39 is 15.8 Å². The van der Waals surface area contributed by atoms with Crippen LogP contribution in [-0.2, 0) is 10.0 Å². The topological polar surface area (TPSA) is 66.4 Å². The smallest absolute Gasteiger partial charge is 0.240 e. The number of hydrogen-bond donors (Lipinski definition) is 2. The molecule has 0 heterocycles. The minimum absolute atomic E-state index is 0.0414. The van der Waals surface area contributed by atoms with Crippen LogP contribution >= 0.6 is 0 Å². The fourth-order valence-electron chi connectivity index (χ4n) is 2.51. The van der Waals surface area contributed by atoms with Gasteiger partial charge in [-0.05, 0) is 47.7 Å². The second-order valence-electron chi connectivity index (χ2n) is 5.94. The van der Waals surface area contributed by atoms with E-state index in [2.05, 4.69) is 4.72 Å². The van der Waals surface area contributed by atoms with E-state index >= 15 is 0 Å². The van der Waals surface area contributed by atoms with Crippen molar-refractivity contribution in [2.45, 2.75) is 38.0 Å². The molecule has 130 valence electrons. The fraction of sp³-hybridized carbons (Fsp3) is 0.333. The van der Waals surface area contributed by atoms with Crippen LogP contribution in [0.5, 0.6) is 5.75 Å². The molecular formula is C18H22FNO3S. The number of rotatable bonds is 6. The summed E-state index contributed by atoms with van der Waals surface area (Å²) in [6, 6.07) is 8.64. The molecule has 0 saturated heterocycles. The van der Waals surface area contributed by atoms with E-state index in [0.717, 1.165) is 0 Å². The lowest BCUT2D eigenvalue weighted by atomic mass is 9.92. The van der Waals surface area contributed by atoms with E-state index in [0.29, 0.717) is 24.1 Å². The van der Waals surface area contributed by atoms with Crippen molar-refractivity contribution in [3.63, 3.8) is 0 Å². The van der Waals surface area contributed by atoms with E-state index in [1.54, 1.807) is 12.1 Å². The molecule has 2 aromatic rings. The summed E-state index contributed by atoms with van der Waals surface area (Å²) >= 11 is 0. The van der Waals surface area contributed by atoms with Crippen LogP contribution in [0.2, 0.25) is 0 Å². The molecule has 0 atom stereocenters. The zero-order chi connectivity index (χ0) is 17.9. The molecule has 0 aromatic heterocycles. The van der Waals surface area contributed by atoms with E-state index in [1.807, 2.05) is 20.8 Å². The Bertz CT molecular complexity index is 812. The van der Waals surface area contributed by atoms with Crippen molar-refractivity contribution < 1.29 is 17.9 Å². The van der Waals surface area contributed by atoms with Crippen LogP contribution in [0.1, 0.15) is 38.7 Å². The molecule has 0 fully saturated rings. The van der Waals surface area contributed by atoms with E-state index in [-0.39, 0.29) is 22.1 Å². The van der Waals surface area contributed by atoms with Gasteiger partial charge in [0.2, 0.25) is 10.0 Å². The summed E-state index contributed by atoms with van der Waals surface area (Å²) in [5.74, 6) is -0.756. The maximum Gasteiger partial charge on any atom is 0.240 e. The molecule has 0 unspecified atom stereocenters. The number of phenols is 1. The molecule has 0 aliphatic heterocycles. The Morgan fingerprint density at radius 2 is 1.92 bits per heavy atom. The summed E-state index contributed by atoms with van der Waals surface area (Å²) in [5, 5.41) is 10.0.